The molecule has 1 aromatic rings. The molecule has 2 N–H and O–H groups in total. The average molecular weight is 300 g/mol. The van der Waals surface area contributed by atoms with Crippen molar-refractivity contribution in [2.75, 3.05) is 5.32 Å². The highest BCUT2D eigenvalue weighted by Crippen LogP contribution is 2.24. The van der Waals surface area contributed by atoms with Crippen molar-refractivity contribution in [3.8, 4) is 0 Å². The highest BCUT2D eigenvalue weighted by atomic mass is 35.5. The summed E-state index contributed by atoms with van der Waals surface area (Å²) in [5, 5.41) is 12.8. The van der Waals surface area contributed by atoms with Gasteiger partial charge in [0.1, 0.15) is 5.60 Å². The Morgan fingerprint density at radius 1 is 1.45 bits per heavy atom. The number of anilines is 1. The molecule has 0 aliphatic heterocycles. The van der Waals surface area contributed by atoms with Gasteiger partial charge in [0.25, 0.3) is 0 Å². The maximum atomic E-state index is 11.7. The molecule has 1 atom stereocenters. The molecule has 0 aliphatic rings. The first kappa shape index (κ1) is 16.8. The molecule has 0 spiro atoms. The number of halogens is 1. The zero-order valence-electron chi connectivity index (χ0n) is 12.4. The summed E-state index contributed by atoms with van der Waals surface area (Å²) in [5.41, 5.74) is 0.987. The second kappa shape index (κ2) is 6.95. The smallest absolute Gasteiger partial charge is 0.308 e. The lowest BCUT2D eigenvalue weighted by atomic mass is 10.1. The molecule has 1 unspecified atom stereocenters. The molecule has 0 amide bonds. The standard InChI is InChI=1S/C15H22ClNO3/c1-10(7-14(19)20-15(2,3)4)17-13-8-11(9-18)5-6-12(13)16/h5-6,8,10,17-18H,7,9H2,1-4H3. The van der Waals surface area contributed by atoms with Gasteiger partial charge in [-0.15, -0.1) is 0 Å². The van der Waals surface area contributed by atoms with Gasteiger partial charge in [-0.25, -0.2) is 0 Å². The summed E-state index contributed by atoms with van der Waals surface area (Å²) in [6.45, 7) is 7.35. The third kappa shape index (κ3) is 5.80. The van der Waals surface area contributed by atoms with Crippen molar-refractivity contribution < 1.29 is 14.6 Å². The van der Waals surface area contributed by atoms with Crippen molar-refractivity contribution in [3.63, 3.8) is 0 Å². The van der Waals surface area contributed by atoms with Crippen LogP contribution in [0.25, 0.3) is 0 Å². The third-order valence-electron chi connectivity index (χ3n) is 2.51. The first-order valence-corrected chi connectivity index (χ1v) is 6.96. The monoisotopic (exact) mass is 299 g/mol. The highest BCUT2D eigenvalue weighted by Gasteiger charge is 2.18. The summed E-state index contributed by atoms with van der Waals surface area (Å²) < 4.78 is 5.27. The number of nitrogens with one attached hydrogen (secondary N) is 1. The quantitative estimate of drug-likeness (QED) is 0.819. The van der Waals surface area contributed by atoms with Crippen LogP contribution in [0.2, 0.25) is 5.02 Å². The minimum atomic E-state index is -0.481. The fourth-order valence-corrected chi connectivity index (χ4v) is 1.90. The molecule has 112 valence electrons. The number of hydrogen-bond donors (Lipinski definition) is 2. The Balaban J connectivity index is 2.62. The minimum Gasteiger partial charge on any atom is -0.460 e. The summed E-state index contributed by atoms with van der Waals surface area (Å²) in [7, 11) is 0. The molecule has 5 heteroatoms. The maximum absolute atomic E-state index is 11.7. The van der Waals surface area contributed by atoms with E-state index in [0.29, 0.717) is 10.7 Å². The number of carbonyl (C=O) groups is 1. The number of aliphatic hydroxyl groups is 1. The molecule has 1 aromatic carbocycles. The lowest BCUT2D eigenvalue weighted by Gasteiger charge is -2.22. The van der Waals surface area contributed by atoms with Gasteiger partial charge in [-0.1, -0.05) is 17.7 Å². The summed E-state index contributed by atoms with van der Waals surface area (Å²) in [4.78, 5) is 11.7. The molecular formula is C15H22ClNO3. The summed E-state index contributed by atoms with van der Waals surface area (Å²) in [6, 6.07) is 5.13. The zero-order chi connectivity index (χ0) is 15.3. The summed E-state index contributed by atoms with van der Waals surface area (Å²) >= 11 is 6.08. The first-order chi connectivity index (χ1) is 9.21. The van der Waals surface area contributed by atoms with Crippen LogP contribution in [0, 0.1) is 0 Å². The lowest BCUT2D eigenvalue weighted by Crippen LogP contribution is -2.28. The molecule has 1 rings (SSSR count). The number of rotatable bonds is 5. The average Bonchev–Trinajstić information content (AvgIpc) is 2.29. The number of carbonyl (C=O) groups excluding carboxylic acids is 1. The van der Waals surface area contributed by atoms with Crippen LogP contribution in [-0.4, -0.2) is 22.7 Å². The normalized spacial score (nSPS) is 12.9. The first-order valence-electron chi connectivity index (χ1n) is 6.59. The van der Waals surface area contributed by atoms with Crippen molar-refractivity contribution in [3.05, 3.63) is 28.8 Å². The molecule has 0 aromatic heterocycles. The van der Waals surface area contributed by atoms with Crippen LogP contribution in [0.4, 0.5) is 5.69 Å². The lowest BCUT2D eigenvalue weighted by molar-refractivity contribution is -0.154. The van der Waals surface area contributed by atoms with Gasteiger partial charge in [0.05, 0.1) is 23.7 Å². The molecule has 0 saturated heterocycles. The molecular weight excluding hydrogens is 278 g/mol. The van der Waals surface area contributed by atoms with E-state index in [1.54, 1.807) is 18.2 Å². The molecule has 0 saturated carbocycles. The van der Waals surface area contributed by atoms with Crippen LogP contribution in [0.5, 0.6) is 0 Å². The Hall–Kier alpha value is -1.26. The molecule has 0 fully saturated rings. The number of aliphatic hydroxyl groups excluding tert-OH is 1. The molecule has 0 bridgehead atoms. The topological polar surface area (TPSA) is 58.6 Å². The molecule has 0 aliphatic carbocycles. The van der Waals surface area contributed by atoms with Gasteiger partial charge >= 0.3 is 5.97 Å². The maximum Gasteiger partial charge on any atom is 0.308 e. The van der Waals surface area contributed by atoms with Crippen LogP contribution in [0.3, 0.4) is 0 Å². The Bertz CT molecular complexity index is 469. The SMILES string of the molecule is CC(CC(=O)OC(C)(C)C)Nc1cc(CO)ccc1Cl. The van der Waals surface area contributed by atoms with E-state index in [0.717, 1.165) is 5.56 Å². The highest BCUT2D eigenvalue weighted by molar-refractivity contribution is 6.33. The van der Waals surface area contributed by atoms with E-state index >= 15 is 0 Å². The fraction of sp³-hybridized carbons (Fsp3) is 0.533. The number of esters is 1. The second-order valence-electron chi connectivity index (χ2n) is 5.81. The number of ether oxygens (including phenoxy) is 1. The van der Waals surface area contributed by atoms with Crippen LogP contribution in [0.15, 0.2) is 18.2 Å². The molecule has 4 nitrogen and oxygen atoms in total. The largest absolute Gasteiger partial charge is 0.460 e. The number of benzene rings is 1. The van der Waals surface area contributed by atoms with Crippen molar-refractivity contribution in [1.29, 1.82) is 0 Å². The number of hydrogen-bond acceptors (Lipinski definition) is 4. The third-order valence-corrected chi connectivity index (χ3v) is 2.84. The van der Waals surface area contributed by atoms with Crippen LogP contribution < -0.4 is 5.32 Å². The van der Waals surface area contributed by atoms with Crippen molar-refractivity contribution >= 4 is 23.3 Å². The summed E-state index contributed by atoms with van der Waals surface area (Å²) in [5.74, 6) is -0.257. The molecule has 0 radical (unpaired) electrons. The van der Waals surface area contributed by atoms with Gasteiger partial charge in [0, 0.05) is 6.04 Å². The fourth-order valence-electron chi connectivity index (χ4n) is 1.73. The van der Waals surface area contributed by atoms with Gasteiger partial charge in [-0.3, -0.25) is 4.79 Å². The van der Waals surface area contributed by atoms with Gasteiger partial charge in [-0.05, 0) is 45.4 Å². The van der Waals surface area contributed by atoms with Crippen LogP contribution in [-0.2, 0) is 16.1 Å². The molecule has 20 heavy (non-hydrogen) atoms. The van der Waals surface area contributed by atoms with E-state index in [4.69, 9.17) is 21.4 Å². The van der Waals surface area contributed by atoms with Gasteiger partial charge < -0.3 is 15.2 Å². The second-order valence-corrected chi connectivity index (χ2v) is 6.22. The van der Waals surface area contributed by atoms with E-state index in [9.17, 15) is 4.79 Å². The Morgan fingerprint density at radius 3 is 2.65 bits per heavy atom. The molecule has 0 heterocycles. The Labute approximate surface area is 125 Å². The van der Waals surface area contributed by atoms with E-state index in [1.807, 2.05) is 27.7 Å². The van der Waals surface area contributed by atoms with Crippen LogP contribution >= 0.6 is 11.6 Å². The summed E-state index contributed by atoms with van der Waals surface area (Å²) in [6.07, 6.45) is 0.247. The van der Waals surface area contributed by atoms with Crippen molar-refractivity contribution in [1.82, 2.24) is 0 Å². The van der Waals surface area contributed by atoms with Crippen molar-refractivity contribution in [2.24, 2.45) is 0 Å². The van der Waals surface area contributed by atoms with Gasteiger partial charge in [-0.2, -0.15) is 0 Å². The van der Waals surface area contributed by atoms with Crippen molar-refractivity contribution in [2.45, 2.75) is 52.4 Å². The minimum absolute atomic E-state index is 0.0493. The van der Waals surface area contributed by atoms with E-state index in [1.165, 1.54) is 0 Å². The zero-order valence-corrected chi connectivity index (χ0v) is 13.1. The van der Waals surface area contributed by atoms with Crippen LogP contribution in [0.1, 0.15) is 39.7 Å². The van der Waals surface area contributed by atoms with E-state index in [2.05, 4.69) is 5.32 Å². The van der Waals surface area contributed by atoms with E-state index < -0.39 is 5.60 Å². The van der Waals surface area contributed by atoms with Gasteiger partial charge in [0.15, 0.2) is 0 Å². The predicted molar refractivity (Wildman–Crippen MR) is 80.9 cm³/mol. The van der Waals surface area contributed by atoms with E-state index in [-0.39, 0.29) is 25.0 Å². The predicted octanol–water partition coefficient (Wildman–Crippen LogP) is 3.36. The Kier molecular flexibility index (Phi) is 5.84. The van der Waals surface area contributed by atoms with Gasteiger partial charge in [0.2, 0.25) is 0 Å². The Morgan fingerprint density at radius 2 is 2.10 bits per heavy atom.